The van der Waals surface area contributed by atoms with E-state index in [-0.39, 0.29) is 41.1 Å². The van der Waals surface area contributed by atoms with E-state index in [1.807, 2.05) is 6.92 Å². The molecule has 0 bridgehead atoms. The summed E-state index contributed by atoms with van der Waals surface area (Å²) in [6.07, 6.45) is 3.41. The van der Waals surface area contributed by atoms with Crippen LogP contribution in [0.25, 0.3) is 11.3 Å². The molecule has 2 heterocycles. The zero-order valence-corrected chi connectivity index (χ0v) is 18.3. The van der Waals surface area contributed by atoms with Crippen LogP contribution >= 0.6 is 0 Å². The molecule has 2 aliphatic rings. The summed E-state index contributed by atoms with van der Waals surface area (Å²) in [5.74, 6) is -0.529. The van der Waals surface area contributed by atoms with E-state index in [1.165, 1.54) is 24.3 Å². The van der Waals surface area contributed by atoms with E-state index >= 15 is 0 Å². The number of aromatic nitrogens is 1. The quantitative estimate of drug-likeness (QED) is 0.600. The lowest BCUT2D eigenvalue weighted by Gasteiger charge is -2.35. The third kappa shape index (κ3) is 5.41. The average Bonchev–Trinajstić information content (AvgIpc) is 3.59. The Hall–Kier alpha value is -2.06. The Morgan fingerprint density at radius 1 is 1.19 bits per heavy atom. The van der Waals surface area contributed by atoms with Crippen LogP contribution in [0.1, 0.15) is 26.2 Å². The molecule has 1 saturated carbocycles. The molecular formula is C23H27F2NO4S. The molecule has 1 aromatic carbocycles. The smallest absolute Gasteiger partial charge is 0.165 e. The van der Waals surface area contributed by atoms with Crippen molar-refractivity contribution in [2.45, 2.75) is 31.4 Å². The minimum Gasteiger partial charge on any atom is -0.490 e. The van der Waals surface area contributed by atoms with Crippen molar-refractivity contribution in [2.75, 3.05) is 25.6 Å². The van der Waals surface area contributed by atoms with Gasteiger partial charge in [-0.25, -0.2) is 17.2 Å². The summed E-state index contributed by atoms with van der Waals surface area (Å²) >= 11 is 0. The lowest BCUT2D eigenvalue weighted by Crippen LogP contribution is -2.38. The Bertz CT molecular complexity index is 1010. The second-order valence-electron chi connectivity index (χ2n) is 8.61. The van der Waals surface area contributed by atoms with Gasteiger partial charge in [-0.3, -0.25) is 4.98 Å². The predicted octanol–water partition coefficient (Wildman–Crippen LogP) is 4.27. The predicted molar refractivity (Wildman–Crippen MR) is 113 cm³/mol. The van der Waals surface area contributed by atoms with Crippen LogP contribution in [0.15, 0.2) is 36.5 Å². The lowest BCUT2D eigenvalue weighted by molar-refractivity contribution is -0.0171. The molecule has 1 aliphatic heterocycles. The van der Waals surface area contributed by atoms with Crippen molar-refractivity contribution in [3.63, 3.8) is 0 Å². The maximum absolute atomic E-state index is 14.6. The molecule has 2 fully saturated rings. The molecule has 0 N–H and O–H groups in total. The number of rotatable bonds is 8. The fraction of sp³-hybridized carbons (Fsp3) is 0.522. The van der Waals surface area contributed by atoms with Crippen molar-refractivity contribution in [1.29, 1.82) is 0 Å². The summed E-state index contributed by atoms with van der Waals surface area (Å²) in [5.41, 5.74) is 1.00. The Balaban J connectivity index is 1.40. The van der Waals surface area contributed by atoms with Gasteiger partial charge in [-0.15, -0.1) is 0 Å². The summed E-state index contributed by atoms with van der Waals surface area (Å²) < 4.78 is 63.8. The van der Waals surface area contributed by atoms with E-state index in [0.717, 1.165) is 25.5 Å². The van der Waals surface area contributed by atoms with Gasteiger partial charge in [0, 0.05) is 18.1 Å². The molecule has 1 aromatic heterocycles. The minimum absolute atomic E-state index is 0.000117. The van der Waals surface area contributed by atoms with Crippen molar-refractivity contribution in [2.24, 2.45) is 17.8 Å². The molecule has 3 unspecified atom stereocenters. The second-order valence-corrected chi connectivity index (χ2v) is 10.9. The molecule has 2 aromatic rings. The van der Waals surface area contributed by atoms with Crippen LogP contribution in [0.4, 0.5) is 8.78 Å². The van der Waals surface area contributed by atoms with Gasteiger partial charge in [0.2, 0.25) is 0 Å². The van der Waals surface area contributed by atoms with E-state index in [9.17, 15) is 17.2 Å². The van der Waals surface area contributed by atoms with Crippen LogP contribution < -0.4 is 4.74 Å². The van der Waals surface area contributed by atoms with E-state index in [1.54, 1.807) is 6.07 Å². The van der Waals surface area contributed by atoms with Gasteiger partial charge in [-0.05, 0) is 61.4 Å². The molecule has 1 saturated heterocycles. The molecule has 31 heavy (non-hydrogen) atoms. The molecule has 4 rings (SSSR count). The topological polar surface area (TPSA) is 65.5 Å². The van der Waals surface area contributed by atoms with E-state index in [2.05, 4.69) is 4.98 Å². The highest BCUT2D eigenvalue weighted by Crippen LogP contribution is 2.35. The van der Waals surface area contributed by atoms with Gasteiger partial charge in [0.25, 0.3) is 0 Å². The maximum atomic E-state index is 14.6. The first-order chi connectivity index (χ1) is 14.8. The number of nitrogens with zero attached hydrogens (tertiary/aromatic N) is 1. The molecule has 168 valence electrons. The van der Waals surface area contributed by atoms with Crippen LogP contribution in [0.2, 0.25) is 0 Å². The number of ether oxygens (including phenoxy) is 2. The lowest BCUT2D eigenvalue weighted by atomic mass is 9.80. The minimum atomic E-state index is -3.04. The summed E-state index contributed by atoms with van der Waals surface area (Å²) in [7, 11) is -3.04. The molecular weight excluding hydrogens is 424 g/mol. The van der Waals surface area contributed by atoms with Crippen molar-refractivity contribution in [3.8, 4) is 17.0 Å². The summed E-state index contributed by atoms with van der Waals surface area (Å²) in [5, 5.41) is -0.160. The normalized spacial score (nSPS) is 22.8. The fourth-order valence-electron chi connectivity index (χ4n) is 4.31. The zero-order chi connectivity index (χ0) is 22.0. The summed E-state index contributed by atoms with van der Waals surface area (Å²) in [4.78, 5) is 3.97. The zero-order valence-electron chi connectivity index (χ0n) is 17.5. The van der Waals surface area contributed by atoms with Crippen LogP contribution in [0.3, 0.4) is 0 Å². The number of benzene rings is 1. The van der Waals surface area contributed by atoms with Crippen molar-refractivity contribution < 1.29 is 26.7 Å². The van der Waals surface area contributed by atoms with Crippen LogP contribution in [0, 0.1) is 29.4 Å². The molecule has 1 aliphatic carbocycles. The number of hydrogen-bond acceptors (Lipinski definition) is 5. The van der Waals surface area contributed by atoms with Crippen molar-refractivity contribution in [1.82, 2.24) is 4.98 Å². The Morgan fingerprint density at radius 3 is 2.68 bits per heavy atom. The van der Waals surface area contributed by atoms with Crippen LogP contribution in [0.5, 0.6) is 5.75 Å². The average molecular weight is 452 g/mol. The first-order valence-electron chi connectivity index (χ1n) is 10.7. The number of pyridine rings is 1. The van der Waals surface area contributed by atoms with Crippen LogP contribution in [-0.4, -0.2) is 44.2 Å². The van der Waals surface area contributed by atoms with Gasteiger partial charge < -0.3 is 9.47 Å². The fourth-order valence-corrected chi connectivity index (χ4v) is 6.41. The second kappa shape index (κ2) is 9.20. The molecule has 0 spiro atoms. The third-order valence-corrected chi connectivity index (χ3v) is 8.68. The van der Waals surface area contributed by atoms with Gasteiger partial charge in [0.1, 0.15) is 5.82 Å². The molecule has 0 radical (unpaired) electrons. The molecule has 8 heteroatoms. The van der Waals surface area contributed by atoms with Gasteiger partial charge in [-0.2, -0.15) is 0 Å². The monoisotopic (exact) mass is 451 g/mol. The van der Waals surface area contributed by atoms with Crippen molar-refractivity contribution >= 4 is 9.84 Å². The molecule has 3 atom stereocenters. The maximum Gasteiger partial charge on any atom is 0.165 e. The third-order valence-electron chi connectivity index (χ3n) is 6.20. The Labute approximate surface area is 181 Å². The van der Waals surface area contributed by atoms with Gasteiger partial charge >= 0.3 is 0 Å². The first-order valence-corrected chi connectivity index (χ1v) is 12.4. The molecule has 5 nitrogen and oxygen atoms in total. The highest BCUT2D eigenvalue weighted by Gasteiger charge is 2.39. The number of halogens is 2. The summed E-state index contributed by atoms with van der Waals surface area (Å²) in [6.45, 7) is 3.30. The van der Waals surface area contributed by atoms with Crippen LogP contribution in [-0.2, 0) is 14.6 Å². The number of sulfone groups is 1. The van der Waals surface area contributed by atoms with Gasteiger partial charge in [-0.1, -0.05) is 6.92 Å². The molecule has 0 amide bonds. The highest BCUT2D eigenvalue weighted by atomic mass is 32.2. The van der Waals surface area contributed by atoms with Gasteiger partial charge in [0.15, 0.2) is 21.4 Å². The SMILES string of the molecule is CC(CS(=O)(=O)C1CC1)C1CCOCC1COc1ccc(-c2ccc(F)cn2)cc1F. The van der Waals surface area contributed by atoms with E-state index < -0.39 is 21.5 Å². The largest absolute Gasteiger partial charge is 0.490 e. The van der Waals surface area contributed by atoms with E-state index in [0.29, 0.717) is 24.5 Å². The standard InChI is InChI=1S/C23H27F2NO4S/c1-15(14-31(27,28)19-4-5-19)20-8-9-29-12-17(20)13-30-23-7-2-16(10-21(23)25)22-6-3-18(24)11-26-22/h2-3,6-7,10-11,15,17,19-20H,4-5,8-9,12-14H2,1H3. The highest BCUT2D eigenvalue weighted by molar-refractivity contribution is 7.92. The van der Waals surface area contributed by atoms with Gasteiger partial charge in [0.05, 0.1) is 36.1 Å². The Kier molecular flexibility index (Phi) is 6.57. The van der Waals surface area contributed by atoms with Crippen molar-refractivity contribution in [3.05, 3.63) is 48.2 Å². The van der Waals surface area contributed by atoms with E-state index in [4.69, 9.17) is 9.47 Å². The Morgan fingerprint density at radius 2 is 2.00 bits per heavy atom. The summed E-state index contributed by atoms with van der Waals surface area (Å²) in [6, 6.07) is 7.30. The number of hydrogen-bond donors (Lipinski definition) is 0. The first kappa shape index (κ1) is 22.1.